The van der Waals surface area contributed by atoms with Crippen molar-refractivity contribution in [2.24, 2.45) is 5.41 Å². The van der Waals surface area contributed by atoms with Gasteiger partial charge in [-0.1, -0.05) is 13.0 Å². The van der Waals surface area contributed by atoms with E-state index in [0.717, 1.165) is 5.69 Å². The van der Waals surface area contributed by atoms with Gasteiger partial charge in [-0.15, -0.1) is 0 Å². The molecular weight excluding hydrogens is 306 g/mol. The maximum atomic E-state index is 11.8. The molecule has 1 heterocycles. The number of carbonyl (C=O) groups is 1. The predicted octanol–water partition coefficient (Wildman–Crippen LogP) is 1.60. The van der Waals surface area contributed by atoms with Crippen LogP contribution in [0, 0.1) is 5.41 Å². The van der Waals surface area contributed by atoms with E-state index in [-0.39, 0.29) is 12.3 Å². The third-order valence-electron chi connectivity index (χ3n) is 3.62. The van der Waals surface area contributed by atoms with E-state index in [4.69, 9.17) is 4.55 Å². The molecule has 1 fully saturated rings. The molecule has 0 saturated carbocycles. The van der Waals surface area contributed by atoms with E-state index in [2.05, 4.69) is 10.7 Å². The molecule has 1 aliphatic heterocycles. The highest BCUT2D eigenvalue weighted by Gasteiger charge is 2.38. The van der Waals surface area contributed by atoms with Gasteiger partial charge in [0.1, 0.15) is 0 Å². The molecule has 1 aromatic rings. The lowest BCUT2D eigenvalue weighted by Gasteiger charge is -2.21. The first-order valence-electron chi connectivity index (χ1n) is 7.05. The monoisotopic (exact) mass is 327 g/mol. The Hall–Kier alpha value is -1.80. The number of hydrogen-bond donors (Lipinski definition) is 3. The molecule has 1 aliphatic rings. The van der Waals surface area contributed by atoms with E-state index in [1.165, 1.54) is 0 Å². The Morgan fingerprint density at radius 1 is 1.45 bits per heavy atom. The molecule has 122 valence electrons. The molecule has 0 spiro atoms. The largest absolute Gasteiger partial charge is 0.367 e. The summed E-state index contributed by atoms with van der Waals surface area (Å²) in [5, 5.41) is 3.45. The summed E-state index contributed by atoms with van der Waals surface area (Å²) in [5.74, 6) is -0.0600. The van der Waals surface area contributed by atoms with Crippen molar-refractivity contribution in [3.05, 3.63) is 24.3 Å². The second kappa shape index (κ2) is 5.77. The maximum Gasteiger partial charge on any atom is 0.286 e. The summed E-state index contributed by atoms with van der Waals surface area (Å²) in [7, 11) is -4.17. The Morgan fingerprint density at radius 3 is 2.64 bits per heavy atom. The van der Waals surface area contributed by atoms with Gasteiger partial charge in [0.2, 0.25) is 5.91 Å². The Balaban J connectivity index is 2.19. The quantitative estimate of drug-likeness (QED) is 0.711. The minimum atomic E-state index is -4.17. The van der Waals surface area contributed by atoms with Crippen LogP contribution in [-0.4, -0.2) is 30.8 Å². The van der Waals surface area contributed by atoms with Gasteiger partial charge in [0.05, 0.1) is 17.6 Å². The highest BCUT2D eigenvalue weighted by molar-refractivity contribution is 7.86. The van der Waals surface area contributed by atoms with Gasteiger partial charge < -0.3 is 5.32 Å². The summed E-state index contributed by atoms with van der Waals surface area (Å²) in [4.78, 5) is 11.8. The van der Waals surface area contributed by atoms with Crippen molar-refractivity contribution in [1.82, 2.24) is 5.43 Å². The van der Waals surface area contributed by atoms with Crippen LogP contribution in [0.25, 0.3) is 0 Å². The molecule has 0 radical (unpaired) electrons. The lowest BCUT2D eigenvalue weighted by molar-refractivity contribution is -0.125. The van der Waals surface area contributed by atoms with Gasteiger partial charge in [-0.05, 0) is 38.5 Å². The summed E-state index contributed by atoms with van der Waals surface area (Å²) in [5.41, 5.74) is 3.60. The van der Waals surface area contributed by atoms with Crippen molar-refractivity contribution in [2.45, 2.75) is 32.6 Å². The van der Waals surface area contributed by atoms with Crippen molar-refractivity contribution in [1.29, 1.82) is 0 Å². The van der Waals surface area contributed by atoms with Crippen molar-refractivity contribution in [3.8, 4) is 0 Å². The van der Waals surface area contributed by atoms with Gasteiger partial charge in [0, 0.05) is 5.69 Å². The normalized spacial score (nSPS) is 18.9. The van der Waals surface area contributed by atoms with Crippen molar-refractivity contribution < 1.29 is 17.8 Å². The molecule has 8 heteroatoms. The van der Waals surface area contributed by atoms with Crippen LogP contribution in [0.15, 0.2) is 24.3 Å². The van der Waals surface area contributed by atoms with Gasteiger partial charge in [0.25, 0.3) is 10.1 Å². The molecule has 2 rings (SSSR count). The molecule has 7 nitrogen and oxygen atoms in total. The van der Waals surface area contributed by atoms with Gasteiger partial charge >= 0.3 is 0 Å². The minimum absolute atomic E-state index is 0.0600. The molecule has 0 aliphatic carbocycles. The number of nitrogens with one attached hydrogen (secondary N) is 2. The first-order chi connectivity index (χ1) is 10.1. The molecule has 1 unspecified atom stereocenters. The second-order valence-corrected chi connectivity index (χ2v) is 7.62. The summed E-state index contributed by atoms with van der Waals surface area (Å²) < 4.78 is 31.7. The Bertz CT molecular complexity index is 672. The fourth-order valence-corrected chi connectivity index (χ4v) is 2.98. The number of hydrazine groups is 1. The second-order valence-electron chi connectivity index (χ2n) is 6.02. The number of nitrogens with zero attached hydrogens (tertiary/aromatic N) is 1. The third-order valence-corrected chi connectivity index (χ3v) is 4.79. The molecule has 1 atom stereocenters. The summed E-state index contributed by atoms with van der Waals surface area (Å²) in [6.07, 6.45) is 0.233. The van der Waals surface area contributed by atoms with E-state index in [1.807, 2.05) is 19.9 Å². The maximum absolute atomic E-state index is 11.8. The van der Waals surface area contributed by atoms with Crippen LogP contribution in [-0.2, 0) is 14.9 Å². The third kappa shape index (κ3) is 3.50. The van der Waals surface area contributed by atoms with Crippen LogP contribution in [0.5, 0.6) is 0 Å². The predicted molar refractivity (Wildman–Crippen MR) is 85.0 cm³/mol. The Morgan fingerprint density at radius 2 is 2.14 bits per heavy atom. The molecule has 1 amide bonds. The van der Waals surface area contributed by atoms with Crippen molar-refractivity contribution in [2.75, 3.05) is 16.9 Å². The molecule has 0 aromatic heterocycles. The van der Waals surface area contributed by atoms with Gasteiger partial charge in [0.15, 0.2) is 5.37 Å². The van der Waals surface area contributed by atoms with Gasteiger partial charge in [-0.25, -0.2) is 0 Å². The van der Waals surface area contributed by atoms with E-state index < -0.39 is 20.9 Å². The van der Waals surface area contributed by atoms with E-state index in [9.17, 15) is 13.2 Å². The average molecular weight is 327 g/mol. The van der Waals surface area contributed by atoms with E-state index >= 15 is 0 Å². The van der Waals surface area contributed by atoms with Crippen LogP contribution in [0.3, 0.4) is 0 Å². The molecular formula is C14H21N3O4S. The van der Waals surface area contributed by atoms with Gasteiger partial charge in [-0.3, -0.25) is 19.8 Å². The number of anilines is 2. The van der Waals surface area contributed by atoms with Crippen LogP contribution >= 0.6 is 0 Å². The fourth-order valence-electron chi connectivity index (χ4n) is 2.27. The fraction of sp³-hybridized carbons (Fsp3) is 0.500. The highest BCUT2D eigenvalue weighted by atomic mass is 32.2. The number of amides is 1. The zero-order chi connectivity index (χ0) is 16.5. The lowest BCUT2D eigenvalue weighted by Crippen LogP contribution is -2.33. The van der Waals surface area contributed by atoms with E-state index in [0.29, 0.717) is 12.2 Å². The summed E-state index contributed by atoms with van der Waals surface area (Å²) in [6.45, 7) is 5.90. The van der Waals surface area contributed by atoms with Gasteiger partial charge in [-0.2, -0.15) is 8.42 Å². The van der Waals surface area contributed by atoms with Crippen molar-refractivity contribution in [3.63, 3.8) is 0 Å². The molecule has 22 heavy (non-hydrogen) atoms. The van der Waals surface area contributed by atoms with Crippen LogP contribution in [0.2, 0.25) is 0 Å². The van der Waals surface area contributed by atoms with Crippen molar-refractivity contribution >= 4 is 27.4 Å². The molecule has 3 N–H and O–H groups in total. The number of rotatable bonds is 5. The smallest absolute Gasteiger partial charge is 0.286 e. The summed E-state index contributed by atoms with van der Waals surface area (Å²) >= 11 is 0. The van der Waals surface area contributed by atoms with Crippen LogP contribution in [0.4, 0.5) is 11.4 Å². The Kier molecular flexibility index (Phi) is 4.35. The SMILES string of the molecule is CCC(Nc1cccc(N2CC(C)(C)C(=O)N2)c1)S(=O)(=O)O. The lowest BCUT2D eigenvalue weighted by atomic mass is 9.94. The van der Waals surface area contributed by atoms with E-state index in [1.54, 1.807) is 30.1 Å². The van der Waals surface area contributed by atoms with Crippen LogP contribution in [0.1, 0.15) is 27.2 Å². The number of benzene rings is 1. The number of carbonyl (C=O) groups excluding carboxylic acids is 1. The molecule has 0 bridgehead atoms. The highest BCUT2D eigenvalue weighted by Crippen LogP contribution is 2.28. The Labute approximate surface area is 130 Å². The molecule has 1 saturated heterocycles. The zero-order valence-corrected chi connectivity index (χ0v) is 13.6. The number of hydrogen-bond acceptors (Lipinski definition) is 5. The summed E-state index contributed by atoms with van der Waals surface area (Å²) in [6, 6.07) is 7.02. The first kappa shape index (κ1) is 16.6. The topological polar surface area (TPSA) is 98.7 Å². The first-order valence-corrected chi connectivity index (χ1v) is 8.55. The minimum Gasteiger partial charge on any atom is -0.367 e. The average Bonchev–Trinajstić information content (AvgIpc) is 2.69. The zero-order valence-electron chi connectivity index (χ0n) is 12.8. The van der Waals surface area contributed by atoms with Crippen LogP contribution < -0.4 is 15.8 Å². The standard InChI is InChI=1S/C14H21N3O4S/c1-4-12(22(19,20)21)15-10-6-5-7-11(8-10)17-9-14(2,3)13(18)16-17/h5-8,12,15H,4,9H2,1-3H3,(H,16,18)(H,19,20,21). The molecule has 1 aromatic carbocycles.